The van der Waals surface area contributed by atoms with Crippen molar-refractivity contribution in [2.75, 3.05) is 0 Å². The van der Waals surface area contributed by atoms with Crippen LogP contribution in [-0.2, 0) is 11.2 Å². The van der Waals surface area contributed by atoms with Crippen LogP contribution in [0, 0.1) is 12.3 Å². The minimum atomic E-state index is 0.109. The standard InChI is InChI=1S/C22H25NO2/c1-13(2)21(16(5)23)19-7-6-8-20(25)22(19)17-10-9-14(3)18(12-17)11-15(4)24/h6-10,12,23,25H,11H2,1-5H3. The Kier molecular flexibility index (Phi) is 5.58. The van der Waals surface area contributed by atoms with Crippen molar-refractivity contribution in [1.29, 1.82) is 5.41 Å². The third-order valence-electron chi connectivity index (χ3n) is 4.26. The van der Waals surface area contributed by atoms with E-state index in [2.05, 4.69) is 0 Å². The van der Waals surface area contributed by atoms with Crippen LogP contribution < -0.4 is 0 Å². The van der Waals surface area contributed by atoms with Gasteiger partial charge < -0.3 is 10.5 Å². The van der Waals surface area contributed by atoms with E-state index in [-0.39, 0.29) is 11.5 Å². The molecule has 0 radical (unpaired) electrons. The molecule has 0 fully saturated rings. The quantitative estimate of drug-likeness (QED) is 0.725. The average molecular weight is 335 g/mol. The van der Waals surface area contributed by atoms with E-state index in [0.29, 0.717) is 17.7 Å². The lowest BCUT2D eigenvalue weighted by atomic mass is 9.88. The van der Waals surface area contributed by atoms with Gasteiger partial charge in [-0.3, -0.25) is 4.79 Å². The molecule has 2 N–H and O–H groups in total. The number of aromatic hydroxyl groups is 1. The summed E-state index contributed by atoms with van der Waals surface area (Å²) >= 11 is 0. The van der Waals surface area contributed by atoms with E-state index in [1.54, 1.807) is 26.0 Å². The molecule has 25 heavy (non-hydrogen) atoms. The molecule has 130 valence electrons. The SMILES string of the molecule is CC(=N)C(=C(C)C)c1cccc(O)c1-c1ccc(C)c(CC(C)=O)c1. The molecule has 0 bridgehead atoms. The smallest absolute Gasteiger partial charge is 0.134 e. The van der Waals surface area contributed by atoms with Gasteiger partial charge in [0.2, 0.25) is 0 Å². The third-order valence-corrected chi connectivity index (χ3v) is 4.26. The molecule has 0 atom stereocenters. The molecule has 0 aromatic heterocycles. The molecule has 0 aliphatic carbocycles. The zero-order valence-electron chi connectivity index (χ0n) is 15.5. The lowest BCUT2D eigenvalue weighted by Crippen LogP contribution is -2.02. The summed E-state index contributed by atoms with van der Waals surface area (Å²) < 4.78 is 0. The maximum Gasteiger partial charge on any atom is 0.134 e. The van der Waals surface area contributed by atoms with Crippen molar-refractivity contribution in [2.24, 2.45) is 0 Å². The lowest BCUT2D eigenvalue weighted by molar-refractivity contribution is -0.116. The molecule has 3 heteroatoms. The van der Waals surface area contributed by atoms with E-state index in [1.807, 2.05) is 45.0 Å². The fourth-order valence-corrected chi connectivity index (χ4v) is 3.18. The van der Waals surface area contributed by atoms with Crippen LogP contribution in [0.5, 0.6) is 5.75 Å². The minimum Gasteiger partial charge on any atom is -0.507 e. The van der Waals surface area contributed by atoms with Crippen molar-refractivity contribution in [3.8, 4) is 16.9 Å². The van der Waals surface area contributed by atoms with Crippen molar-refractivity contribution in [3.05, 3.63) is 58.7 Å². The summed E-state index contributed by atoms with van der Waals surface area (Å²) in [7, 11) is 0. The second-order valence-electron chi connectivity index (χ2n) is 6.72. The highest BCUT2D eigenvalue weighted by atomic mass is 16.3. The summed E-state index contributed by atoms with van der Waals surface area (Å²) in [6.45, 7) is 9.26. The van der Waals surface area contributed by atoms with Crippen LogP contribution in [0.2, 0.25) is 0 Å². The van der Waals surface area contributed by atoms with Crippen LogP contribution in [0.1, 0.15) is 44.4 Å². The molecule has 0 aliphatic rings. The summed E-state index contributed by atoms with van der Waals surface area (Å²) in [5.74, 6) is 0.285. The molecule has 3 nitrogen and oxygen atoms in total. The Hall–Kier alpha value is -2.68. The topological polar surface area (TPSA) is 61.1 Å². The van der Waals surface area contributed by atoms with Crippen LogP contribution in [0.3, 0.4) is 0 Å². The number of carbonyl (C=O) groups excluding carboxylic acids is 1. The number of phenols is 1. The minimum absolute atomic E-state index is 0.109. The van der Waals surface area contributed by atoms with E-state index < -0.39 is 0 Å². The first kappa shape index (κ1) is 18.7. The molecule has 0 heterocycles. The zero-order valence-corrected chi connectivity index (χ0v) is 15.5. The van der Waals surface area contributed by atoms with E-state index in [9.17, 15) is 9.90 Å². The first-order chi connectivity index (χ1) is 11.7. The van der Waals surface area contributed by atoms with E-state index in [0.717, 1.165) is 33.4 Å². The van der Waals surface area contributed by atoms with Crippen molar-refractivity contribution in [2.45, 2.75) is 41.0 Å². The van der Waals surface area contributed by atoms with Gasteiger partial charge in [0, 0.05) is 23.3 Å². The normalized spacial score (nSPS) is 10.4. The van der Waals surface area contributed by atoms with E-state index >= 15 is 0 Å². The first-order valence-corrected chi connectivity index (χ1v) is 8.37. The molecule has 0 saturated carbocycles. The van der Waals surface area contributed by atoms with Gasteiger partial charge in [-0.05, 0) is 62.9 Å². The summed E-state index contributed by atoms with van der Waals surface area (Å²) in [5, 5.41) is 18.7. The predicted molar refractivity (Wildman–Crippen MR) is 104 cm³/mol. The number of ketones is 1. The van der Waals surface area contributed by atoms with E-state index in [1.165, 1.54) is 0 Å². The Labute approximate surface area is 149 Å². The van der Waals surface area contributed by atoms with Crippen molar-refractivity contribution in [1.82, 2.24) is 0 Å². The molecule has 2 rings (SSSR count). The van der Waals surface area contributed by atoms with Gasteiger partial charge in [-0.1, -0.05) is 35.9 Å². The number of hydrogen-bond donors (Lipinski definition) is 2. The average Bonchev–Trinajstić information content (AvgIpc) is 2.49. The Balaban J connectivity index is 2.74. The Bertz CT molecular complexity index is 872. The van der Waals surface area contributed by atoms with Crippen LogP contribution in [-0.4, -0.2) is 16.6 Å². The van der Waals surface area contributed by atoms with Crippen LogP contribution in [0.4, 0.5) is 0 Å². The fraction of sp³-hybridized carbons (Fsp3) is 0.273. The number of carbonyl (C=O) groups is 1. The number of allylic oxidation sites excluding steroid dienone is 2. The third kappa shape index (κ3) is 4.05. The number of nitrogens with one attached hydrogen (secondary N) is 1. The lowest BCUT2D eigenvalue weighted by Gasteiger charge is -2.17. The number of Topliss-reactive ketones (excluding diaryl/α,β-unsaturated/α-hetero) is 1. The van der Waals surface area contributed by atoms with Crippen molar-refractivity contribution in [3.63, 3.8) is 0 Å². The molecule has 0 spiro atoms. The van der Waals surface area contributed by atoms with Crippen molar-refractivity contribution < 1.29 is 9.90 Å². The highest BCUT2D eigenvalue weighted by Gasteiger charge is 2.17. The molecule has 0 aliphatic heterocycles. The molecular weight excluding hydrogens is 310 g/mol. The van der Waals surface area contributed by atoms with Gasteiger partial charge in [-0.15, -0.1) is 0 Å². The van der Waals surface area contributed by atoms with E-state index in [4.69, 9.17) is 5.41 Å². The van der Waals surface area contributed by atoms with Crippen molar-refractivity contribution >= 4 is 17.1 Å². The van der Waals surface area contributed by atoms with Gasteiger partial charge in [0.05, 0.1) is 0 Å². The molecule has 2 aromatic carbocycles. The zero-order chi connectivity index (χ0) is 18.7. The van der Waals surface area contributed by atoms with Crippen LogP contribution in [0.25, 0.3) is 16.7 Å². The number of hydrogen-bond acceptors (Lipinski definition) is 3. The second-order valence-corrected chi connectivity index (χ2v) is 6.72. The molecule has 0 unspecified atom stereocenters. The summed E-state index contributed by atoms with van der Waals surface area (Å²) in [5.41, 5.74) is 6.74. The van der Waals surface area contributed by atoms with Gasteiger partial charge in [0.1, 0.15) is 11.5 Å². The number of rotatable bonds is 5. The number of phenolic OH excluding ortho intramolecular Hbond substituents is 1. The molecule has 2 aromatic rings. The maximum absolute atomic E-state index is 11.5. The second kappa shape index (κ2) is 7.47. The summed E-state index contributed by atoms with van der Waals surface area (Å²) in [6, 6.07) is 11.3. The van der Waals surface area contributed by atoms with Gasteiger partial charge >= 0.3 is 0 Å². The van der Waals surface area contributed by atoms with Gasteiger partial charge in [-0.2, -0.15) is 0 Å². The summed E-state index contributed by atoms with van der Waals surface area (Å²) in [6.07, 6.45) is 0.377. The Morgan fingerprint density at radius 3 is 2.32 bits per heavy atom. The predicted octanol–water partition coefficient (Wildman–Crippen LogP) is 5.33. The van der Waals surface area contributed by atoms with Gasteiger partial charge in [-0.25, -0.2) is 0 Å². The summed E-state index contributed by atoms with van der Waals surface area (Å²) in [4.78, 5) is 11.5. The van der Waals surface area contributed by atoms with Gasteiger partial charge in [0.15, 0.2) is 0 Å². The Morgan fingerprint density at radius 2 is 1.76 bits per heavy atom. The van der Waals surface area contributed by atoms with Crippen LogP contribution in [0.15, 0.2) is 42.0 Å². The largest absolute Gasteiger partial charge is 0.507 e. The molecular formula is C22H25NO2. The highest BCUT2D eigenvalue weighted by Crippen LogP contribution is 2.38. The fourth-order valence-electron chi connectivity index (χ4n) is 3.18. The highest BCUT2D eigenvalue weighted by molar-refractivity contribution is 6.23. The number of aryl methyl sites for hydroxylation is 1. The number of benzene rings is 2. The van der Waals surface area contributed by atoms with Gasteiger partial charge in [0.25, 0.3) is 0 Å². The maximum atomic E-state index is 11.5. The first-order valence-electron chi connectivity index (χ1n) is 8.37. The monoisotopic (exact) mass is 335 g/mol. The molecule has 0 saturated heterocycles. The molecule has 0 amide bonds. The Morgan fingerprint density at radius 1 is 1.08 bits per heavy atom. The van der Waals surface area contributed by atoms with Crippen LogP contribution >= 0.6 is 0 Å².